The molecule has 0 aromatic heterocycles. The SMILES string of the molecule is CC/C=C\[C@H]([C@H](O)C(C)C)S(=O)(=NC)c1ccccc1. The van der Waals surface area contributed by atoms with Gasteiger partial charge in [-0.3, -0.25) is 0 Å². The minimum absolute atomic E-state index is 0.0211. The van der Waals surface area contributed by atoms with Crippen LogP contribution in [0.4, 0.5) is 0 Å². The normalized spacial score (nSPS) is 17.9. The van der Waals surface area contributed by atoms with Gasteiger partial charge < -0.3 is 5.11 Å². The molecule has 3 nitrogen and oxygen atoms in total. The Hall–Kier alpha value is -1.13. The molecule has 0 amide bonds. The lowest BCUT2D eigenvalue weighted by Crippen LogP contribution is -2.36. The third-order valence-electron chi connectivity index (χ3n) is 3.30. The first-order valence-electron chi connectivity index (χ1n) is 7.01. The highest BCUT2D eigenvalue weighted by atomic mass is 32.2. The Morgan fingerprint density at radius 1 is 1.30 bits per heavy atom. The molecule has 0 radical (unpaired) electrons. The van der Waals surface area contributed by atoms with Crippen molar-refractivity contribution in [3.05, 3.63) is 42.5 Å². The van der Waals surface area contributed by atoms with E-state index in [1.165, 1.54) is 0 Å². The third kappa shape index (κ3) is 3.70. The van der Waals surface area contributed by atoms with Crippen molar-refractivity contribution < 1.29 is 9.32 Å². The molecule has 3 atom stereocenters. The zero-order chi connectivity index (χ0) is 15.2. The second-order valence-corrected chi connectivity index (χ2v) is 7.62. The average Bonchev–Trinajstić information content (AvgIpc) is 2.47. The van der Waals surface area contributed by atoms with E-state index in [1.54, 1.807) is 7.05 Å². The van der Waals surface area contributed by atoms with Gasteiger partial charge in [0.2, 0.25) is 0 Å². The van der Waals surface area contributed by atoms with Gasteiger partial charge in [0, 0.05) is 11.9 Å². The third-order valence-corrected chi connectivity index (χ3v) is 5.97. The van der Waals surface area contributed by atoms with E-state index in [0.29, 0.717) is 4.90 Å². The molecule has 1 aromatic rings. The van der Waals surface area contributed by atoms with Crippen LogP contribution in [0, 0.1) is 5.92 Å². The first-order chi connectivity index (χ1) is 9.47. The van der Waals surface area contributed by atoms with Gasteiger partial charge in [-0.2, -0.15) is 0 Å². The number of hydrogen-bond donors (Lipinski definition) is 1. The van der Waals surface area contributed by atoms with Crippen molar-refractivity contribution in [2.75, 3.05) is 7.05 Å². The summed E-state index contributed by atoms with van der Waals surface area (Å²) in [6.07, 6.45) is 3.96. The molecule has 0 fully saturated rings. The first-order valence-corrected chi connectivity index (χ1v) is 8.59. The molecule has 112 valence electrons. The van der Waals surface area contributed by atoms with Gasteiger partial charge in [0.1, 0.15) is 0 Å². The molecule has 1 aromatic carbocycles. The summed E-state index contributed by atoms with van der Waals surface area (Å²) in [4.78, 5) is 0.674. The summed E-state index contributed by atoms with van der Waals surface area (Å²) in [7, 11) is -1.11. The van der Waals surface area contributed by atoms with Gasteiger partial charge in [-0.15, -0.1) is 0 Å². The number of aliphatic hydroxyl groups is 1. The van der Waals surface area contributed by atoms with Crippen LogP contribution < -0.4 is 0 Å². The summed E-state index contributed by atoms with van der Waals surface area (Å²) in [5, 5.41) is 9.96. The van der Waals surface area contributed by atoms with Crippen LogP contribution in [0.1, 0.15) is 27.2 Å². The number of rotatable bonds is 6. The van der Waals surface area contributed by atoms with E-state index in [2.05, 4.69) is 4.36 Å². The van der Waals surface area contributed by atoms with Gasteiger partial charge >= 0.3 is 0 Å². The molecule has 20 heavy (non-hydrogen) atoms. The van der Waals surface area contributed by atoms with E-state index in [1.807, 2.05) is 63.3 Å². The molecular weight excluding hydrogens is 270 g/mol. The van der Waals surface area contributed by atoms with Crippen LogP contribution in [-0.4, -0.2) is 27.7 Å². The molecule has 0 spiro atoms. The number of aliphatic hydroxyl groups excluding tert-OH is 1. The monoisotopic (exact) mass is 295 g/mol. The fourth-order valence-corrected chi connectivity index (χ4v) is 4.39. The van der Waals surface area contributed by atoms with Crippen LogP contribution in [0.5, 0.6) is 0 Å². The summed E-state index contributed by atoms with van der Waals surface area (Å²) < 4.78 is 17.5. The Morgan fingerprint density at radius 2 is 1.90 bits per heavy atom. The first kappa shape index (κ1) is 16.9. The summed E-state index contributed by atoms with van der Waals surface area (Å²) in [6, 6.07) is 9.21. The van der Waals surface area contributed by atoms with Crippen molar-refractivity contribution in [3.63, 3.8) is 0 Å². The van der Waals surface area contributed by atoms with Crippen molar-refractivity contribution in [2.24, 2.45) is 10.3 Å². The highest BCUT2D eigenvalue weighted by Gasteiger charge is 2.31. The smallest absolute Gasteiger partial charge is 0.0916 e. The van der Waals surface area contributed by atoms with Crippen LogP contribution in [0.25, 0.3) is 0 Å². The van der Waals surface area contributed by atoms with Crippen molar-refractivity contribution in [1.82, 2.24) is 0 Å². The van der Waals surface area contributed by atoms with Gasteiger partial charge in [-0.25, -0.2) is 8.57 Å². The van der Waals surface area contributed by atoms with Crippen molar-refractivity contribution in [3.8, 4) is 0 Å². The predicted molar refractivity (Wildman–Crippen MR) is 85.3 cm³/mol. The molecule has 0 bridgehead atoms. The topological polar surface area (TPSA) is 49.7 Å². The second kappa shape index (κ2) is 7.60. The van der Waals surface area contributed by atoms with E-state index in [-0.39, 0.29) is 5.92 Å². The molecule has 0 saturated carbocycles. The molecule has 0 aliphatic heterocycles. The quantitative estimate of drug-likeness (QED) is 0.817. The Balaban J connectivity index is 3.36. The number of benzene rings is 1. The Kier molecular flexibility index (Phi) is 6.43. The lowest BCUT2D eigenvalue weighted by atomic mass is 10.0. The van der Waals surface area contributed by atoms with Gasteiger partial charge in [-0.1, -0.05) is 51.1 Å². The maximum atomic E-state index is 13.3. The minimum atomic E-state index is -2.67. The lowest BCUT2D eigenvalue weighted by Gasteiger charge is -2.26. The van der Waals surface area contributed by atoms with Crippen molar-refractivity contribution in [2.45, 2.75) is 43.4 Å². The molecule has 1 rings (SSSR count). The molecule has 0 saturated heterocycles. The maximum Gasteiger partial charge on any atom is 0.0916 e. The number of nitrogens with zero attached hydrogens (tertiary/aromatic N) is 1. The summed E-state index contributed by atoms with van der Waals surface area (Å²) in [6.45, 7) is 5.87. The van der Waals surface area contributed by atoms with Gasteiger partial charge in [-0.05, 0) is 24.5 Å². The average molecular weight is 295 g/mol. The highest BCUT2D eigenvalue weighted by molar-refractivity contribution is 7.94. The zero-order valence-electron chi connectivity index (χ0n) is 12.7. The van der Waals surface area contributed by atoms with Crippen LogP contribution in [-0.2, 0) is 9.73 Å². The molecule has 0 heterocycles. The lowest BCUT2D eigenvalue weighted by molar-refractivity contribution is 0.131. The zero-order valence-corrected chi connectivity index (χ0v) is 13.5. The summed E-state index contributed by atoms with van der Waals surface area (Å²) >= 11 is 0. The van der Waals surface area contributed by atoms with Gasteiger partial charge in [0.15, 0.2) is 0 Å². The van der Waals surface area contributed by atoms with E-state index in [0.717, 1.165) is 6.42 Å². The number of hydrogen-bond acceptors (Lipinski definition) is 3. The summed E-state index contributed by atoms with van der Waals surface area (Å²) in [5.74, 6) is 0.0211. The van der Waals surface area contributed by atoms with Crippen LogP contribution >= 0.6 is 0 Å². The standard InChI is InChI=1S/C16H25NO2S/c1-5-6-12-15(16(18)13(2)3)20(19,17-4)14-10-8-7-9-11-14/h6-13,15-16,18H,5H2,1-4H3/b12-6-/t15-,16-,20?/m1/s1. The Labute approximate surface area is 122 Å². The fourth-order valence-electron chi connectivity index (χ4n) is 2.06. The van der Waals surface area contributed by atoms with Gasteiger partial charge in [0.25, 0.3) is 0 Å². The Morgan fingerprint density at radius 3 is 2.35 bits per heavy atom. The van der Waals surface area contributed by atoms with Crippen molar-refractivity contribution >= 4 is 9.73 Å². The largest absolute Gasteiger partial charge is 0.391 e. The molecule has 0 aliphatic rings. The van der Waals surface area contributed by atoms with Crippen LogP contribution in [0.2, 0.25) is 0 Å². The minimum Gasteiger partial charge on any atom is -0.391 e. The fraction of sp³-hybridized carbons (Fsp3) is 0.500. The Bertz CT molecular complexity index is 543. The van der Waals surface area contributed by atoms with Crippen LogP contribution in [0.3, 0.4) is 0 Å². The predicted octanol–water partition coefficient (Wildman–Crippen LogP) is 3.50. The molecule has 0 aliphatic carbocycles. The second-order valence-electron chi connectivity index (χ2n) is 5.10. The van der Waals surface area contributed by atoms with E-state index >= 15 is 0 Å². The van der Waals surface area contributed by atoms with E-state index < -0.39 is 21.1 Å². The van der Waals surface area contributed by atoms with Gasteiger partial charge in [0.05, 0.1) is 21.1 Å². The maximum absolute atomic E-state index is 13.3. The van der Waals surface area contributed by atoms with Crippen molar-refractivity contribution in [1.29, 1.82) is 0 Å². The summed E-state index contributed by atoms with van der Waals surface area (Å²) in [5.41, 5.74) is 0. The van der Waals surface area contributed by atoms with Crippen LogP contribution in [0.15, 0.2) is 51.7 Å². The molecule has 1 unspecified atom stereocenters. The molecule has 4 heteroatoms. The molecule has 1 N–H and O–H groups in total. The van der Waals surface area contributed by atoms with E-state index in [4.69, 9.17) is 0 Å². The highest BCUT2D eigenvalue weighted by Crippen LogP contribution is 2.25. The number of allylic oxidation sites excluding steroid dienone is 1. The van der Waals surface area contributed by atoms with E-state index in [9.17, 15) is 9.32 Å². The molecular formula is C16H25NO2S.